The molecule has 2 aromatic carbocycles. The maximum absolute atomic E-state index is 14.1. The van der Waals surface area contributed by atoms with Crippen LogP contribution in [-0.2, 0) is 14.9 Å². The van der Waals surface area contributed by atoms with Crippen molar-refractivity contribution in [1.82, 2.24) is 14.8 Å². The maximum atomic E-state index is 14.1. The van der Waals surface area contributed by atoms with Crippen LogP contribution in [0.4, 0.5) is 16.0 Å². The molecule has 35 heavy (non-hydrogen) atoms. The average molecular weight is 494 g/mol. The fourth-order valence-corrected chi connectivity index (χ4v) is 5.52. The molecule has 0 unspecified atom stereocenters. The third-order valence-corrected chi connectivity index (χ3v) is 7.51. The van der Waals surface area contributed by atoms with Gasteiger partial charge in [-0.25, -0.2) is 4.39 Å². The predicted molar refractivity (Wildman–Crippen MR) is 136 cm³/mol. The van der Waals surface area contributed by atoms with Gasteiger partial charge in [0.25, 0.3) is 0 Å². The minimum absolute atomic E-state index is 0.0144. The number of aromatic nitrogens is 3. The van der Waals surface area contributed by atoms with Crippen LogP contribution in [0.25, 0.3) is 5.69 Å². The normalized spacial score (nSPS) is 18.2. The van der Waals surface area contributed by atoms with E-state index in [1.165, 1.54) is 29.5 Å². The van der Waals surface area contributed by atoms with E-state index >= 15 is 0 Å². The van der Waals surface area contributed by atoms with Gasteiger partial charge in [-0.15, -0.1) is 10.2 Å². The second kappa shape index (κ2) is 9.47. The second-order valence-electron chi connectivity index (χ2n) is 9.18. The zero-order valence-corrected chi connectivity index (χ0v) is 20.9. The summed E-state index contributed by atoms with van der Waals surface area (Å²) in [4.78, 5) is 17.3. The number of halogens is 1. The summed E-state index contributed by atoms with van der Waals surface area (Å²) < 4.78 is 21.4. The molecule has 0 aliphatic carbocycles. The van der Waals surface area contributed by atoms with Crippen LogP contribution in [0.1, 0.15) is 19.4 Å². The van der Waals surface area contributed by atoms with Crippen LogP contribution in [-0.4, -0.2) is 59.7 Å². The lowest BCUT2D eigenvalue weighted by atomic mass is 9.83. The molecule has 7 nitrogen and oxygen atoms in total. The molecule has 9 heteroatoms. The zero-order valence-electron chi connectivity index (χ0n) is 20.1. The van der Waals surface area contributed by atoms with Crippen LogP contribution in [0.3, 0.4) is 0 Å². The lowest BCUT2D eigenvalue weighted by molar-refractivity contribution is -0.112. The van der Waals surface area contributed by atoms with Crippen LogP contribution in [0.15, 0.2) is 65.5 Å². The molecule has 5 rings (SSSR count). The Kier molecular flexibility index (Phi) is 6.37. The Labute approximate surface area is 208 Å². The molecule has 2 aliphatic heterocycles. The Morgan fingerprint density at radius 3 is 2.66 bits per heavy atom. The summed E-state index contributed by atoms with van der Waals surface area (Å²) in [7, 11) is 2.00. The summed E-state index contributed by atoms with van der Waals surface area (Å²) in [6.07, 6.45) is 1.73. The van der Waals surface area contributed by atoms with E-state index < -0.39 is 0 Å². The number of thioether (sulfide) groups is 1. The highest BCUT2D eigenvalue weighted by molar-refractivity contribution is 7.99. The number of ketones is 1. The molecule has 182 valence electrons. The summed E-state index contributed by atoms with van der Waals surface area (Å²) in [6, 6.07) is 14.6. The van der Waals surface area contributed by atoms with Crippen molar-refractivity contribution in [2.75, 3.05) is 48.9 Å². The van der Waals surface area contributed by atoms with Crippen molar-refractivity contribution in [2.24, 2.45) is 0 Å². The van der Waals surface area contributed by atoms with E-state index in [1.807, 2.05) is 29.8 Å². The number of nitrogens with zero attached hydrogens (tertiary/aromatic N) is 5. The van der Waals surface area contributed by atoms with Crippen molar-refractivity contribution in [2.45, 2.75) is 24.4 Å². The number of hydrogen-bond acceptors (Lipinski definition) is 7. The predicted octanol–water partition coefficient (Wildman–Crippen LogP) is 4.22. The molecule has 1 saturated heterocycles. The van der Waals surface area contributed by atoms with Crippen LogP contribution >= 0.6 is 11.8 Å². The molecule has 0 N–H and O–H groups in total. The van der Waals surface area contributed by atoms with Gasteiger partial charge >= 0.3 is 0 Å². The Morgan fingerprint density at radius 2 is 1.91 bits per heavy atom. The highest BCUT2D eigenvalue weighted by atomic mass is 32.2. The molecule has 0 amide bonds. The van der Waals surface area contributed by atoms with Gasteiger partial charge in [-0.05, 0) is 29.8 Å². The van der Waals surface area contributed by atoms with Gasteiger partial charge in [-0.1, -0.05) is 49.9 Å². The van der Waals surface area contributed by atoms with Gasteiger partial charge in [0, 0.05) is 43.0 Å². The van der Waals surface area contributed by atoms with E-state index in [9.17, 15) is 9.18 Å². The van der Waals surface area contributed by atoms with Gasteiger partial charge in [-0.3, -0.25) is 9.36 Å². The van der Waals surface area contributed by atoms with Crippen molar-refractivity contribution in [3.63, 3.8) is 0 Å². The molecule has 1 fully saturated rings. The summed E-state index contributed by atoms with van der Waals surface area (Å²) >= 11 is 1.31. The first-order valence-corrected chi connectivity index (χ1v) is 12.6. The minimum Gasteiger partial charge on any atom is -0.378 e. The highest BCUT2D eigenvalue weighted by Gasteiger charge is 2.38. The van der Waals surface area contributed by atoms with E-state index in [4.69, 9.17) is 4.74 Å². The molecular weight excluding hydrogens is 465 g/mol. The summed E-state index contributed by atoms with van der Waals surface area (Å²) in [6.45, 7) is 6.80. The number of ether oxygens (including phenoxy) is 1. The van der Waals surface area contributed by atoms with Crippen molar-refractivity contribution in [3.8, 4) is 5.69 Å². The number of rotatable bonds is 6. The number of benzene rings is 2. The van der Waals surface area contributed by atoms with E-state index in [0.29, 0.717) is 43.1 Å². The number of hydrogen-bond donors (Lipinski definition) is 0. The Bertz CT molecular complexity index is 1280. The molecule has 0 bridgehead atoms. The van der Waals surface area contributed by atoms with Crippen LogP contribution in [0, 0.1) is 5.82 Å². The number of carbonyl (C=O) groups is 1. The van der Waals surface area contributed by atoms with E-state index in [-0.39, 0.29) is 22.8 Å². The van der Waals surface area contributed by atoms with Crippen molar-refractivity contribution in [1.29, 1.82) is 0 Å². The Hall–Kier alpha value is -3.17. The molecule has 3 aromatic rings. The van der Waals surface area contributed by atoms with Crippen molar-refractivity contribution >= 4 is 29.2 Å². The van der Waals surface area contributed by atoms with Gasteiger partial charge in [0.15, 0.2) is 10.9 Å². The minimum atomic E-state index is -0.341. The molecule has 0 radical (unpaired) electrons. The van der Waals surface area contributed by atoms with Crippen molar-refractivity contribution in [3.05, 3.63) is 71.7 Å². The summed E-state index contributed by atoms with van der Waals surface area (Å²) in [5.41, 5.74) is 3.64. The topological polar surface area (TPSA) is 63.5 Å². The maximum Gasteiger partial charge on any atom is 0.232 e. The molecular formula is C26H28FN5O2S. The van der Waals surface area contributed by atoms with E-state index in [1.54, 1.807) is 12.1 Å². The van der Waals surface area contributed by atoms with Gasteiger partial charge in [0.1, 0.15) is 5.82 Å². The first-order chi connectivity index (χ1) is 16.9. The number of carbonyl (C=O) groups excluding carboxylic acids is 1. The van der Waals surface area contributed by atoms with Gasteiger partial charge in [0.05, 0.1) is 24.7 Å². The van der Waals surface area contributed by atoms with E-state index in [2.05, 4.69) is 46.0 Å². The van der Waals surface area contributed by atoms with Crippen LogP contribution in [0.2, 0.25) is 0 Å². The van der Waals surface area contributed by atoms with Crippen LogP contribution < -0.4 is 9.80 Å². The van der Waals surface area contributed by atoms with E-state index in [0.717, 1.165) is 11.4 Å². The third-order valence-electron chi connectivity index (χ3n) is 6.56. The van der Waals surface area contributed by atoms with Crippen molar-refractivity contribution < 1.29 is 13.9 Å². The number of likely N-dealkylation sites (N-methyl/N-ethyl adjacent to an activating group) is 1. The summed E-state index contributed by atoms with van der Waals surface area (Å²) in [5, 5.41) is 9.31. The number of fused-ring (bicyclic) bond motifs is 1. The molecule has 0 spiro atoms. The quantitative estimate of drug-likeness (QED) is 0.376. The number of morpholine rings is 1. The second-order valence-corrected chi connectivity index (χ2v) is 10.1. The molecule has 1 aromatic heterocycles. The first kappa shape index (κ1) is 23.6. The number of allylic oxidation sites excluding steroid dienone is 2. The van der Waals surface area contributed by atoms with Gasteiger partial charge in [-0.2, -0.15) is 0 Å². The smallest absolute Gasteiger partial charge is 0.232 e. The largest absolute Gasteiger partial charge is 0.378 e. The number of para-hydroxylation sites is 1. The molecule has 2 aliphatic rings. The Balaban J connectivity index is 1.40. The fraction of sp³-hybridized carbons (Fsp3) is 0.346. The number of anilines is 2. The SMILES string of the molecule is CN1/C(=C\C(=O)CSc2nnc(N3CCOCC3)n2-c2cccc(F)c2)C(C)(C)c2ccccc21. The lowest BCUT2D eigenvalue weighted by Crippen LogP contribution is -2.37. The molecule has 3 heterocycles. The third kappa shape index (κ3) is 4.46. The average Bonchev–Trinajstić information content (AvgIpc) is 3.37. The van der Waals surface area contributed by atoms with Gasteiger partial charge in [0.2, 0.25) is 5.95 Å². The van der Waals surface area contributed by atoms with Gasteiger partial charge < -0.3 is 14.5 Å². The molecule has 0 atom stereocenters. The van der Waals surface area contributed by atoms with Crippen LogP contribution in [0.5, 0.6) is 0 Å². The first-order valence-electron chi connectivity index (χ1n) is 11.6. The zero-order chi connectivity index (χ0) is 24.6. The highest BCUT2D eigenvalue weighted by Crippen LogP contribution is 2.46. The Morgan fingerprint density at radius 1 is 1.14 bits per heavy atom. The molecule has 0 saturated carbocycles. The monoisotopic (exact) mass is 493 g/mol. The fourth-order valence-electron chi connectivity index (χ4n) is 4.75. The summed E-state index contributed by atoms with van der Waals surface area (Å²) in [5.74, 6) is 0.464. The lowest BCUT2D eigenvalue weighted by Gasteiger charge is -2.27. The standard InChI is InChI=1S/C26H28FN5O2S/c1-26(2)21-9-4-5-10-22(21)30(3)23(26)16-20(33)17-35-25-29-28-24(31-11-13-34-14-12-31)32(25)19-8-6-7-18(27)15-19/h4-10,15-16H,11-14,17H2,1-3H3/b23-16-.